The third-order valence-corrected chi connectivity index (χ3v) is 4.95. The molecule has 3 N–H and O–H groups in total. The molecule has 1 aromatic rings. The van der Waals surface area contributed by atoms with Crippen LogP contribution < -0.4 is 5.73 Å². The number of nitrogens with two attached hydrogens (primary N) is 1. The normalized spacial score (nSPS) is 18.5. The highest BCUT2D eigenvalue weighted by molar-refractivity contribution is 7.99. The fraction of sp³-hybridized carbons (Fsp3) is 0.467. The van der Waals surface area contributed by atoms with Gasteiger partial charge in [-0.3, -0.25) is 4.79 Å². The van der Waals surface area contributed by atoms with Crippen molar-refractivity contribution in [3.05, 3.63) is 35.4 Å². The summed E-state index contributed by atoms with van der Waals surface area (Å²) < 4.78 is 0. The van der Waals surface area contributed by atoms with E-state index in [1.54, 1.807) is 12.1 Å². The Morgan fingerprint density at radius 3 is 2.67 bits per heavy atom. The van der Waals surface area contributed by atoms with Gasteiger partial charge in [0.2, 0.25) is 5.91 Å². The number of hydrogen-bond acceptors (Lipinski definition) is 4. The van der Waals surface area contributed by atoms with Crippen LogP contribution >= 0.6 is 11.8 Å². The third-order valence-electron chi connectivity index (χ3n) is 3.59. The minimum Gasteiger partial charge on any atom is -0.478 e. The van der Waals surface area contributed by atoms with Gasteiger partial charge < -0.3 is 15.7 Å². The molecule has 6 heteroatoms. The van der Waals surface area contributed by atoms with Gasteiger partial charge in [-0.05, 0) is 30.5 Å². The van der Waals surface area contributed by atoms with Crippen LogP contribution in [0.1, 0.15) is 28.8 Å². The minimum absolute atomic E-state index is 0.0195. The van der Waals surface area contributed by atoms with E-state index in [9.17, 15) is 9.59 Å². The van der Waals surface area contributed by atoms with Crippen LogP contribution in [0.2, 0.25) is 0 Å². The first kappa shape index (κ1) is 15.9. The summed E-state index contributed by atoms with van der Waals surface area (Å²) in [6, 6.07) is 6.96. The van der Waals surface area contributed by atoms with E-state index >= 15 is 0 Å². The zero-order chi connectivity index (χ0) is 15.2. The number of carbonyl (C=O) groups is 2. The second kappa shape index (κ2) is 7.47. The average Bonchev–Trinajstić information content (AvgIpc) is 2.52. The molecule has 1 atom stereocenters. The molecule has 114 valence electrons. The molecule has 5 nitrogen and oxygen atoms in total. The largest absolute Gasteiger partial charge is 0.478 e. The molecule has 1 unspecified atom stereocenters. The molecule has 1 aromatic carbocycles. The standard InChI is InChI=1S/C15H20N2O3S/c16-8-14(18)17-7-1-2-13(9-17)21-10-11-3-5-12(6-4-11)15(19)20/h3-6,13H,1-2,7-10,16H2,(H,19,20). The van der Waals surface area contributed by atoms with Crippen molar-refractivity contribution >= 4 is 23.6 Å². The van der Waals surface area contributed by atoms with Crippen molar-refractivity contribution in [1.82, 2.24) is 4.90 Å². The Hall–Kier alpha value is -1.53. The number of rotatable bonds is 5. The number of aromatic carboxylic acids is 1. The first-order valence-corrected chi connectivity index (χ1v) is 8.06. The van der Waals surface area contributed by atoms with E-state index < -0.39 is 5.97 Å². The van der Waals surface area contributed by atoms with Gasteiger partial charge in [0.15, 0.2) is 0 Å². The zero-order valence-corrected chi connectivity index (χ0v) is 12.6. The molecule has 0 saturated carbocycles. The van der Waals surface area contributed by atoms with Gasteiger partial charge in [0.1, 0.15) is 0 Å². The van der Waals surface area contributed by atoms with E-state index in [1.165, 1.54) is 0 Å². The van der Waals surface area contributed by atoms with Crippen LogP contribution in [0.4, 0.5) is 0 Å². The molecule has 0 spiro atoms. The maximum Gasteiger partial charge on any atom is 0.335 e. The van der Waals surface area contributed by atoms with E-state index in [4.69, 9.17) is 10.8 Å². The van der Waals surface area contributed by atoms with Crippen LogP contribution in [0.3, 0.4) is 0 Å². The second-order valence-corrected chi connectivity index (χ2v) is 6.41. The lowest BCUT2D eigenvalue weighted by Gasteiger charge is -2.32. The van der Waals surface area contributed by atoms with Gasteiger partial charge >= 0.3 is 5.97 Å². The molecule has 1 aliphatic heterocycles. The number of piperidine rings is 1. The van der Waals surface area contributed by atoms with Crippen LogP contribution in [-0.4, -0.2) is 46.8 Å². The van der Waals surface area contributed by atoms with E-state index in [0.717, 1.165) is 37.2 Å². The van der Waals surface area contributed by atoms with Gasteiger partial charge in [-0.25, -0.2) is 4.79 Å². The highest BCUT2D eigenvalue weighted by atomic mass is 32.2. The quantitative estimate of drug-likeness (QED) is 0.862. The van der Waals surface area contributed by atoms with Gasteiger partial charge in [0.25, 0.3) is 0 Å². The summed E-state index contributed by atoms with van der Waals surface area (Å²) in [5.74, 6) is -0.0570. The molecule has 0 bridgehead atoms. The number of carboxylic acid groups (broad SMARTS) is 1. The SMILES string of the molecule is NCC(=O)N1CCCC(SCc2ccc(C(=O)O)cc2)C1. The monoisotopic (exact) mass is 308 g/mol. The molecule has 1 saturated heterocycles. The van der Waals surface area contributed by atoms with E-state index in [0.29, 0.717) is 10.8 Å². The van der Waals surface area contributed by atoms with Gasteiger partial charge in [-0.1, -0.05) is 12.1 Å². The number of carboxylic acids is 1. The molecule has 0 aromatic heterocycles. The topological polar surface area (TPSA) is 83.6 Å². The van der Waals surface area contributed by atoms with E-state index in [-0.39, 0.29) is 12.5 Å². The first-order valence-electron chi connectivity index (χ1n) is 7.02. The number of hydrogen-bond donors (Lipinski definition) is 2. The van der Waals surface area contributed by atoms with Crippen LogP contribution in [0.5, 0.6) is 0 Å². The Morgan fingerprint density at radius 1 is 1.33 bits per heavy atom. The predicted octanol–water partition coefficient (Wildman–Crippen LogP) is 1.57. The van der Waals surface area contributed by atoms with Gasteiger partial charge in [-0.2, -0.15) is 11.8 Å². The molecular formula is C15H20N2O3S. The van der Waals surface area contributed by atoms with Gasteiger partial charge in [-0.15, -0.1) is 0 Å². The van der Waals surface area contributed by atoms with Crippen LogP contribution in [0.25, 0.3) is 0 Å². The fourth-order valence-corrected chi connectivity index (χ4v) is 3.63. The molecule has 1 aliphatic rings. The van der Waals surface area contributed by atoms with Crippen molar-refractivity contribution < 1.29 is 14.7 Å². The average molecular weight is 308 g/mol. The Morgan fingerprint density at radius 2 is 2.05 bits per heavy atom. The van der Waals surface area contributed by atoms with Crippen molar-refractivity contribution in [2.75, 3.05) is 19.6 Å². The summed E-state index contributed by atoms with van der Waals surface area (Å²) in [7, 11) is 0. The van der Waals surface area contributed by atoms with E-state index in [2.05, 4.69) is 0 Å². The van der Waals surface area contributed by atoms with Crippen molar-refractivity contribution in [2.45, 2.75) is 23.8 Å². The second-order valence-electron chi connectivity index (χ2n) is 5.12. The Balaban J connectivity index is 1.84. The summed E-state index contributed by atoms with van der Waals surface area (Å²) in [6.07, 6.45) is 2.12. The first-order chi connectivity index (χ1) is 10.1. The summed E-state index contributed by atoms with van der Waals surface area (Å²) >= 11 is 1.81. The highest BCUT2D eigenvalue weighted by Gasteiger charge is 2.22. The summed E-state index contributed by atoms with van der Waals surface area (Å²) in [4.78, 5) is 24.3. The molecule has 0 aliphatic carbocycles. The third kappa shape index (κ3) is 4.47. The lowest BCUT2D eigenvalue weighted by atomic mass is 10.1. The number of nitrogens with zero attached hydrogens (tertiary/aromatic N) is 1. The lowest BCUT2D eigenvalue weighted by Crippen LogP contribution is -2.43. The van der Waals surface area contributed by atoms with Gasteiger partial charge in [0, 0.05) is 24.1 Å². The van der Waals surface area contributed by atoms with Crippen molar-refractivity contribution in [3.8, 4) is 0 Å². The molecular weight excluding hydrogens is 288 g/mol. The number of carbonyl (C=O) groups excluding carboxylic acids is 1. The van der Waals surface area contributed by atoms with Crippen LogP contribution in [-0.2, 0) is 10.5 Å². The number of amides is 1. The predicted molar refractivity (Wildman–Crippen MR) is 83.4 cm³/mol. The smallest absolute Gasteiger partial charge is 0.335 e. The molecule has 1 heterocycles. The number of likely N-dealkylation sites (tertiary alicyclic amines) is 1. The Labute approximate surface area is 128 Å². The minimum atomic E-state index is -0.905. The molecule has 0 radical (unpaired) electrons. The molecule has 1 fully saturated rings. The maximum atomic E-state index is 11.6. The summed E-state index contributed by atoms with van der Waals surface area (Å²) in [5.41, 5.74) is 6.82. The Bertz CT molecular complexity index is 504. The van der Waals surface area contributed by atoms with Crippen LogP contribution in [0, 0.1) is 0 Å². The maximum absolute atomic E-state index is 11.6. The molecule has 2 rings (SSSR count). The van der Waals surface area contributed by atoms with Crippen molar-refractivity contribution in [1.29, 1.82) is 0 Å². The Kier molecular flexibility index (Phi) is 5.64. The fourth-order valence-electron chi connectivity index (χ4n) is 2.39. The number of benzene rings is 1. The lowest BCUT2D eigenvalue weighted by molar-refractivity contribution is -0.130. The molecule has 1 amide bonds. The number of thioether (sulfide) groups is 1. The van der Waals surface area contributed by atoms with Crippen molar-refractivity contribution in [3.63, 3.8) is 0 Å². The van der Waals surface area contributed by atoms with Crippen LogP contribution in [0.15, 0.2) is 24.3 Å². The summed E-state index contributed by atoms with van der Waals surface area (Å²) in [5, 5.41) is 9.29. The molecule has 21 heavy (non-hydrogen) atoms. The summed E-state index contributed by atoms with van der Waals surface area (Å²) in [6.45, 7) is 1.64. The zero-order valence-electron chi connectivity index (χ0n) is 11.8. The van der Waals surface area contributed by atoms with Gasteiger partial charge in [0.05, 0.1) is 12.1 Å². The van der Waals surface area contributed by atoms with Crippen molar-refractivity contribution in [2.24, 2.45) is 5.73 Å². The van der Waals surface area contributed by atoms with E-state index in [1.807, 2.05) is 28.8 Å². The highest BCUT2D eigenvalue weighted by Crippen LogP contribution is 2.26.